The average Bonchev–Trinajstić information content (AvgIpc) is 2.53. The number of carbonyl (C=O) groups excluding carboxylic acids is 1. The monoisotopic (exact) mass is 397 g/mol. The molecule has 0 aliphatic carbocycles. The van der Waals surface area contributed by atoms with Crippen molar-refractivity contribution in [3.63, 3.8) is 0 Å². The van der Waals surface area contributed by atoms with Crippen LogP contribution in [-0.2, 0) is 11.2 Å². The summed E-state index contributed by atoms with van der Waals surface area (Å²) in [6.07, 6.45) is 3.67. The van der Waals surface area contributed by atoms with Crippen LogP contribution in [0.4, 0.5) is 0 Å². The van der Waals surface area contributed by atoms with E-state index in [9.17, 15) is 4.79 Å². The Morgan fingerprint density at radius 2 is 2.19 bits per heavy atom. The van der Waals surface area contributed by atoms with Gasteiger partial charge in [0, 0.05) is 16.0 Å². The summed E-state index contributed by atoms with van der Waals surface area (Å²) in [5, 5.41) is 15.2. The average molecular weight is 397 g/mol. The number of benzene rings is 1. The van der Waals surface area contributed by atoms with Crippen molar-refractivity contribution >= 4 is 28.5 Å². The van der Waals surface area contributed by atoms with Gasteiger partial charge >= 0.3 is 0 Å². The molecule has 0 atom stereocenters. The van der Waals surface area contributed by atoms with Gasteiger partial charge in [0.05, 0.1) is 11.6 Å². The number of halogens is 1. The first-order valence-electron chi connectivity index (χ1n) is 7.37. The van der Waals surface area contributed by atoms with Crippen molar-refractivity contribution in [2.75, 3.05) is 19.6 Å². The van der Waals surface area contributed by atoms with E-state index in [0.717, 1.165) is 38.8 Å². The largest absolute Gasteiger partial charge is 0.356 e. The first-order valence-corrected chi connectivity index (χ1v) is 8.45. The molecule has 112 valence electrons. The van der Waals surface area contributed by atoms with Crippen molar-refractivity contribution in [2.45, 2.75) is 25.7 Å². The molecule has 0 aromatic heterocycles. The summed E-state index contributed by atoms with van der Waals surface area (Å²) in [5.41, 5.74) is 1.88. The molecule has 1 aromatic carbocycles. The highest BCUT2D eigenvalue weighted by molar-refractivity contribution is 14.1. The number of nitrogens with zero attached hydrogens (tertiary/aromatic N) is 1. The first-order chi connectivity index (χ1) is 10.2. The van der Waals surface area contributed by atoms with Crippen molar-refractivity contribution < 1.29 is 4.79 Å². The summed E-state index contributed by atoms with van der Waals surface area (Å²) >= 11 is 2.29. The van der Waals surface area contributed by atoms with Crippen LogP contribution in [0.25, 0.3) is 0 Å². The third-order valence-corrected chi connectivity index (χ3v) is 4.86. The van der Waals surface area contributed by atoms with Crippen LogP contribution in [0.1, 0.15) is 30.4 Å². The molecule has 1 aliphatic heterocycles. The Morgan fingerprint density at radius 3 is 2.90 bits per heavy atom. The Morgan fingerprint density at radius 1 is 1.43 bits per heavy atom. The maximum absolute atomic E-state index is 12.0. The maximum atomic E-state index is 12.0. The Kier molecular flexibility index (Phi) is 6.46. The zero-order valence-electron chi connectivity index (χ0n) is 12.0. The van der Waals surface area contributed by atoms with Crippen molar-refractivity contribution in [2.24, 2.45) is 5.92 Å². The molecular weight excluding hydrogens is 377 g/mol. The Bertz CT molecular complexity index is 533. The van der Waals surface area contributed by atoms with Gasteiger partial charge in [0.2, 0.25) is 5.91 Å². The SMILES string of the molecule is N#Cc1ccc(I)c(CCCNC(=O)C2CCNCC2)c1. The lowest BCUT2D eigenvalue weighted by atomic mass is 9.97. The molecule has 1 saturated heterocycles. The van der Waals surface area contributed by atoms with Gasteiger partial charge in [0.15, 0.2) is 0 Å². The Hall–Kier alpha value is -1.13. The zero-order valence-corrected chi connectivity index (χ0v) is 14.2. The second-order valence-electron chi connectivity index (χ2n) is 5.34. The van der Waals surface area contributed by atoms with Crippen LogP contribution < -0.4 is 10.6 Å². The Balaban J connectivity index is 1.74. The molecule has 0 bridgehead atoms. The fraction of sp³-hybridized carbons (Fsp3) is 0.500. The quantitative estimate of drug-likeness (QED) is 0.592. The van der Waals surface area contributed by atoms with Gasteiger partial charge in [-0.3, -0.25) is 4.79 Å². The van der Waals surface area contributed by atoms with E-state index in [4.69, 9.17) is 5.26 Å². The number of hydrogen-bond acceptors (Lipinski definition) is 3. The fourth-order valence-corrected chi connectivity index (χ4v) is 3.16. The van der Waals surface area contributed by atoms with Gasteiger partial charge in [0.25, 0.3) is 0 Å². The predicted octanol–water partition coefficient (Wildman–Crippen LogP) is 2.21. The van der Waals surface area contributed by atoms with E-state index >= 15 is 0 Å². The normalized spacial score (nSPS) is 15.4. The number of piperidine rings is 1. The van der Waals surface area contributed by atoms with Gasteiger partial charge in [0.1, 0.15) is 0 Å². The van der Waals surface area contributed by atoms with Gasteiger partial charge < -0.3 is 10.6 Å². The summed E-state index contributed by atoms with van der Waals surface area (Å²) in [7, 11) is 0. The molecule has 21 heavy (non-hydrogen) atoms. The maximum Gasteiger partial charge on any atom is 0.223 e. The van der Waals surface area contributed by atoms with Crippen LogP contribution in [0.3, 0.4) is 0 Å². The third-order valence-electron chi connectivity index (χ3n) is 3.81. The molecule has 1 amide bonds. The van der Waals surface area contributed by atoms with Crippen molar-refractivity contribution in [3.8, 4) is 6.07 Å². The van der Waals surface area contributed by atoms with Crippen LogP contribution in [0.5, 0.6) is 0 Å². The van der Waals surface area contributed by atoms with Crippen LogP contribution in [0, 0.1) is 20.8 Å². The molecule has 1 aromatic rings. The molecule has 4 nitrogen and oxygen atoms in total. The molecule has 0 radical (unpaired) electrons. The predicted molar refractivity (Wildman–Crippen MR) is 90.8 cm³/mol. The highest BCUT2D eigenvalue weighted by atomic mass is 127. The number of nitrogens with one attached hydrogen (secondary N) is 2. The van der Waals surface area contributed by atoms with E-state index in [-0.39, 0.29) is 11.8 Å². The molecule has 1 aliphatic rings. The minimum atomic E-state index is 0.174. The number of carbonyl (C=O) groups is 1. The molecule has 2 N–H and O–H groups in total. The van der Waals surface area contributed by atoms with Crippen molar-refractivity contribution in [1.82, 2.24) is 10.6 Å². The van der Waals surface area contributed by atoms with Crippen LogP contribution in [0.15, 0.2) is 18.2 Å². The van der Waals surface area contributed by atoms with Gasteiger partial charge in [-0.25, -0.2) is 0 Å². The lowest BCUT2D eigenvalue weighted by molar-refractivity contribution is -0.125. The topological polar surface area (TPSA) is 64.9 Å². The van der Waals surface area contributed by atoms with Crippen molar-refractivity contribution in [1.29, 1.82) is 5.26 Å². The summed E-state index contributed by atoms with van der Waals surface area (Å²) in [6, 6.07) is 7.92. The zero-order chi connectivity index (χ0) is 15.1. The van der Waals surface area contributed by atoms with E-state index in [1.54, 1.807) is 0 Å². The van der Waals surface area contributed by atoms with Crippen molar-refractivity contribution in [3.05, 3.63) is 32.9 Å². The van der Waals surface area contributed by atoms with Crippen LogP contribution in [-0.4, -0.2) is 25.5 Å². The van der Waals surface area contributed by atoms with E-state index in [1.165, 1.54) is 9.13 Å². The number of aryl methyl sites for hydroxylation is 1. The summed E-state index contributed by atoms with van der Waals surface area (Å²) in [4.78, 5) is 12.0. The molecule has 0 spiro atoms. The second-order valence-corrected chi connectivity index (χ2v) is 6.50. The van der Waals surface area contributed by atoms with Crippen LogP contribution >= 0.6 is 22.6 Å². The summed E-state index contributed by atoms with van der Waals surface area (Å²) < 4.78 is 1.18. The molecule has 1 fully saturated rings. The highest BCUT2D eigenvalue weighted by Gasteiger charge is 2.20. The van der Waals surface area contributed by atoms with Gasteiger partial charge in [-0.05, 0) is 85.1 Å². The van der Waals surface area contributed by atoms with E-state index < -0.39 is 0 Å². The van der Waals surface area contributed by atoms with E-state index in [2.05, 4.69) is 39.3 Å². The minimum Gasteiger partial charge on any atom is -0.356 e. The lowest BCUT2D eigenvalue weighted by Gasteiger charge is -2.21. The summed E-state index contributed by atoms with van der Waals surface area (Å²) in [6.45, 7) is 2.59. The Labute approximate surface area is 139 Å². The molecule has 0 unspecified atom stereocenters. The van der Waals surface area contributed by atoms with Gasteiger partial charge in [-0.2, -0.15) is 5.26 Å². The van der Waals surface area contributed by atoms with E-state index in [1.807, 2.05) is 18.2 Å². The van der Waals surface area contributed by atoms with Crippen LogP contribution in [0.2, 0.25) is 0 Å². The molecule has 0 saturated carbocycles. The molecule has 1 heterocycles. The fourth-order valence-electron chi connectivity index (χ4n) is 2.55. The number of nitriles is 1. The summed E-state index contributed by atoms with van der Waals surface area (Å²) in [5.74, 6) is 0.366. The standard InChI is InChI=1S/C16H20IN3O/c17-15-4-3-12(11-18)10-14(15)2-1-7-20-16(21)13-5-8-19-9-6-13/h3-4,10,13,19H,1-2,5-9H2,(H,20,21). The van der Waals surface area contributed by atoms with E-state index in [0.29, 0.717) is 12.1 Å². The molecule has 2 rings (SSSR count). The van der Waals surface area contributed by atoms with Gasteiger partial charge in [-0.15, -0.1) is 0 Å². The highest BCUT2D eigenvalue weighted by Crippen LogP contribution is 2.16. The van der Waals surface area contributed by atoms with Gasteiger partial charge in [-0.1, -0.05) is 0 Å². The number of rotatable bonds is 5. The number of hydrogen-bond donors (Lipinski definition) is 2. The molecular formula is C16H20IN3O. The third kappa shape index (κ3) is 4.97. The second kappa shape index (κ2) is 8.35. The smallest absolute Gasteiger partial charge is 0.223 e. The first kappa shape index (κ1) is 16.2. The molecule has 5 heteroatoms. The minimum absolute atomic E-state index is 0.174. The lowest BCUT2D eigenvalue weighted by Crippen LogP contribution is -2.38. The number of amides is 1.